The first kappa shape index (κ1) is 13.5. The van der Waals surface area contributed by atoms with E-state index in [2.05, 4.69) is 24.3 Å². The Morgan fingerprint density at radius 1 is 1.31 bits per heavy atom. The fraction of sp³-hybridized carbons (Fsp3) is 0.750. The fourth-order valence-electron chi connectivity index (χ4n) is 1.77. The molecule has 0 amide bonds. The summed E-state index contributed by atoms with van der Waals surface area (Å²) in [5.41, 5.74) is 2.18. The van der Waals surface area contributed by atoms with Crippen molar-refractivity contribution in [3.8, 4) is 0 Å². The molecule has 0 saturated heterocycles. The maximum absolute atomic E-state index is 6.27. The highest BCUT2D eigenvalue weighted by Crippen LogP contribution is 2.21. The van der Waals surface area contributed by atoms with Gasteiger partial charge in [-0.05, 0) is 38.8 Å². The molecule has 1 N–H and O–H groups in total. The van der Waals surface area contributed by atoms with Crippen molar-refractivity contribution in [1.29, 1.82) is 0 Å². The number of nitrogens with one attached hydrogen (secondary N) is 1. The van der Waals surface area contributed by atoms with E-state index < -0.39 is 0 Å². The van der Waals surface area contributed by atoms with Gasteiger partial charge >= 0.3 is 0 Å². The third kappa shape index (κ3) is 3.49. The predicted molar refractivity (Wildman–Crippen MR) is 69.1 cm³/mol. The van der Waals surface area contributed by atoms with Crippen molar-refractivity contribution in [1.82, 2.24) is 15.1 Å². The number of aryl methyl sites for hydroxylation is 2. The van der Waals surface area contributed by atoms with Crippen LogP contribution in [0.3, 0.4) is 0 Å². The SMILES string of the molecule is CCCNCCCc1c(Cl)c(CC)nn1C. The van der Waals surface area contributed by atoms with Crippen molar-refractivity contribution in [2.75, 3.05) is 13.1 Å². The molecular formula is C12H22ClN3. The minimum Gasteiger partial charge on any atom is -0.317 e. The molecule has 1 rings (SSSR count). The molecule has 0 atom stereocenters. The second kappa shape index (κ2) is 6.92. The molecule has 0 radical (unpaired) electrons. The van der Waals surface area contributed by atoms with E-state index >= 15 is 0 Å². The molecule has 1 aromatic heterocycles. The van der Waals surface area contributed by atoms with Gasteiger partial charge in [0.1, 0.15) is 0 Å². The van der Waals surface area contributed by atoms with Crippen molar-refractivity contribution in [2.24, 2.45) is 7.05 Å². The van der Waals surface area contributed by atoms with E-state index in [1.807, 2.05) is 11.7 Å². The van der Waals surface area contributed by atoms with E-state index in [-0.39, 0.29) is 0 Å². The zero-order valence-corrected chi connectivity index (χ0v) is 11.3. The summed E-state index contributed by atoms with van der Waals surface area (Å²) in [5.74, 6) is 0. The van der Waals surface area contributed by atoms with Crippen LogP contribution in [0.4, 0.5) is 0 Å². The maximum atomic E-state index is 6.27. The Morgan fingerprint density at radius 2 is 2.06 bits per heavy atom. The summed E-state index contributed by atoms with van der Waals surface area (Å²) in [4.78, 5) is 0. The second-order valence-electron chi connectivity index (χ2n) is 4.04. The second-order valence-corrected chi connectivity index (χ2v) is 4.42. The Morgan fingerprint density at radius 3 is 2.62 bits per heavy atom. The third-order valence-corrected chi connectivity index (χ3v) is 3.13. The summed E-state index contributed by atoms with van der Waals surface area (Å²) in [7, 11) is 1.97. The lowest BCUT2D eigenvalue weighted by Gasteiger charge is -2.04. The van der Waals surface area contributed by atoms with Crippen LogP contribution in [0.5, 0.6) is 0 Å². The molecule has 0 aliphatic carbocycles. The monoisotopic (exact) mass is 243 g/mol. The largest absolute Gasteiger partial charge is 0.317 e. The zero-order chi connectivity index (χ0) is 12.0. The topological polar surface area (TPSA) is 29.9 Å². The average molecular weight is 244 g/mol. The standard InChI is InChI=1S/C12H22ClN3/c1-4-8-14-9-6-7-11-12(13)10(5-2)15-16(11)3/h14H,4-9H2,1-3H3. The number of aromatic nitrogens is 2. The van der Waals surface area contributed by atoms with Crippen molar-refractivity contribution in [2.45, 2.75) is 39.5 Å². The summed E-state index contributed by atoms with van der Waals surface area (Å²) in [6.45, 7) is 6.41. The van der Waals surface area contributed by atoms with Crippen LogP contribution in [-0.4, -0.2) is 22.9 Å². The Kier molecular flexibility index (Phi) is 5.85. The summed E-state index contributed by atoms with van der Waals surface area (Å²) in [6.07, 6.45) is 4.20. The third-order valence-electron chi connectivity index (χ3n) is 2.70. The van der Waals surface area contributed by atoms with Gasteiger partial charge in [-0.25, -0.2) is 0 Å². The van der Waals surface area contributed by atoms with Gasteiger partial charge in [0.25, 0.3) is 0 Å². The van der Waals surface area contributed by atoms with Crippen molar-refractivity contribution < 1.29 is 0 Å². The Hall–Kier alpha value is -0.540. The van der Waals surface area contributed by atoms with Crippen LogP contribution < -0.4 is 5.32 Å². The molecular weight excluding hydrogens is 222 g/mol. The highest BCUT2D eigenvalue weighted by atomic mass is 35.5. The quantitative estimate of drug-likeness (QED) is 0.746. The van der Waals surface area contributed by atoms with Crippen molar-refractivity contribution in [3.63, 3.8) is 0 Å². The van der Waals surface area contributed by atoms with Crippen LogP contribution in [0, 0.1) is 0 Å². The fourth-order valence-corrected chi connectivity index (χ4v) is 2.16. The lowest BCUT2D eigenvalue weighted by molar-refractivity contribution is 0.616. The van der Waals surface area contributed by atoms with Crippen LogP contribution in [-0.2, 0) is 19.9 Å². The summed E-state index contributed by atoms with van der Waals surface area (Å²) >= 11 is 6.27. The first-order chi connectivity index (χ1) is 7.70. The van der Waals surface area contributed by atoms with Crippen molar-refractivity contribution in [3.05, 3.63) is 16.4 Å². The van der Waals surface area contributed by atoms with Crippen LogP contribution in [0.25, 0.3) is 0 Å². The number of rotatable bonds is 7. The minimum atomic E-state index is 0.862. The van der Waals surface area contributed by atoms with Gasteiger partial charge in [-0.2, -0.15) is 5.10 Å². The number of hydrogen-bond acceptors (Lipinski definition) is 2. The number of hydrogen-bond donors (Lipinski definition) is 1. The summed E-state index contributed by atoms with van der Waals surface area (Å²) < 4.78 is 1.92. The molecule has 16 heavy (non-hydrogen) atoms. The smallest absolute Gasteiger partial charge is 0.0849 e. The molecule has 4 heteroatoms. The van der Waals surface area contributed by atoms with E-state index in [0.29, 0.717) is 0 Å². The molecule has 3 nitrogen and oxygen atoms in total. The van der Waals surface area contributed by atoms with Crippen LogP contribution in [0.1, 0.15) is 38.1 Å². The molecule has 1 aromatic rings. The highest BCUT2D eigenvalue weighted by Gasteiger charge is 2.11. The molecule has 92 valence electrons. The van der Waals surface area contributed by atoms with Gasteiger partial charge in [0.05, 0.1) is 16.4 Å². The lowest BCUT2D eigenvalue weighted by atomic mass is 10.2. The Labute approximate surface area is 103 Å². The van der Waals surface area contributed by atoms with E-state index in [1.165, 1.54) is 6.42 Å². The van der Waals surface area contributed by atoms with Gasteiger partial charge in [-0.15, -0.1) is 0 Å². The van der Waals surface area contributed by atoms with Crippen LogP contribution in [0.15, 0.2) is 0 Å². The van der Waals surface area contributed by atoms with Crippen LogP contribution in [0.2, 0.25) is 5.02 Å². The molecule has 0 bridgehead atoms. The first-order valence-electron chi connectivity index (χ1n) is 6.11. The molecule has 0 spiro atoms. The summed E-state index contributed by atoms with van der Waals surface area (Å²) in [6, 6.07) is 0. The molecule has 0 aliphatic rings. The summed E-state index contributed by atoms with van der Waals surface area (Å²) in [5, 5.41) is 8.66. The van der Waals surface area contributed by atoms with E-state index in [9.17, 15) is 0 Å². The lowest BCUT2D eigenvalue weighted by Crippen LogP contribution is -2.16. The zero-order valence-electron chi connectivity index (χ0n) is 10.5. The minimum absolute atomic E-state index is 0.862. The molecule has 0 fully saturated rings. The number of nitrogens with zero attached hydrogens (tertiary/aromatic N) is 2. The van der Waals surface area contributed by atoms with E-state index in [0.717, 1.165) is 48.8 Å². The van der Waals surface area contributed by atoms with Crippen LogP contribution >= 0.6 is 11.6 Å². The van der Waals surface area contributed by atoms with Gasteiger partial charge in [0.2, 0.25) is 0 Å². The first-order valence-corrected chi connectivity index (χ1v) is 6.49. The Balaban J connectivity index is 2.44. The predicted octanol–water partition coefficient (Wildman–Crippen LogP) is 2.57. The van der Waals surface area contributed by atoms with Crippen molar-refractivity contribution >= 4 is 11.6 Å². The maximum Gasteiger partial charge on any atom is 0.0849 e. The molecule has 1 heterocycles. The van der Waals surface area contributed by atoms with E-state index in [4.69, 9.17) is 11.6 Å². The normalized spacial score (nSPS) is 11.0. The molecule has 0 unspecified atom stereocenters. The van der Waals surface area contributed by atoms with Gasteiger partial charge < -0.3 is 5.32 Å². The van der Waals surface area contributed by atoms with Gasteiger partial charge in [0.15, 0.2) is 0 Å². The highest BCUT2D eigenvalue weighted by molar-refractivity contribution is 6.31. The average Bonchev–Trinajstić information content (AvgIpc) is 2.55. The molecule has 0 saturated carbocycles. The molecule has 0 aromatic carbocycles. The molecule has 0 aliphatic heterocycles. The Bertz CT molecular complexity index is 320. The van der Waals surface area contributed by atoms with E-state index in [1.54, 1.807) is 0 Å². The number of halogens is 1. The van der Waals surface area contributed by atoms with Gasteiger partial charge in [0, 0.05) is 7.05 Å². The van der Waals surface area contributed by atoms with Gasteiger partial charge in [-0.3, -0.25) is 4.68 Å². The van der Waals surface area contributed by atoms with Gasteiger partial charge in [-0.1, -0.05) is 25.4 Å².